The molecule has 0 fully saturated rings. The van der Waals surface area contributed by atoms with E-state index >= 15 is 0 Å². The zero-order valence-corrected chi connectivity index (χ0v) is 17.9. The summed E-state index contributed by atoms with van der Waals surface area (Å²) in [6.07, 6.45) is 0.428. The van der Waals surface area contributed by atoms with E-state index in [-0.39, 0.29) is 22.9 Å². The number of amides is 1. The van der Waals surface area contributed by atoms with Crippen LogP contribution in [0.5, 0.6) is 5.75 Å². The molecule has 3 aromatic rings. The molecule has 0 aliphatic heterocycles. The zero-order valence-electron chi connectivity index (χ0n) is 14.5. The fourth-order valence-corrected chi connectivity index (χ4v) is 3.93. The van der Waals surface area contributed by atoms with Crippen molar-refractivity contribution in [3.63, 3.8) is 0 Å². The van der Waals surface area contributed by atoms with Crippen LogP contribution in [0, 0.1) is 6.92 Å². The van der Waals surface area contributed by atoms with Crippen LogP contribution in [0.1, 0.15) is 19.0 Å². The number of hydrogen-bond acceptors (Lipinski definition) is 7. The first-order valence-corrected chi connectivity index (χ1v) is 9.43. The number of anilines is 3. The second-order valence-corrected chi connectivity index (χ2v) is 7.06. The van der Waals surface area contributed by atoms with Gasteiger partial charge in [0.05, 0.1) is 29.1 Å². The predicted octanol–water partition coefficient (Wildman–Crippen LogP) is 5.25. The van der Waals surface area contributed by atoms with Crippen molar-refractivity contribution in [1.82, 2.24) is 9.97 Å². The maximum absolute atomic E-state index is 11.5. The number of rotatable bonds is 6. The van der Waals surface area contributed by atoms with Crippen molar-refractivity contribution < 1.29 is 9.53 Å². The predicted molar refractivity (Wildman–Crippen MR) is 113 cm³/mol. The van der Waals surface area contributed by atoms with Gasteiger partial charge in [-0.1, -0.05) is 30.4 Å². The summed E-state index contributed by atoms with van der Waals surface area (Å²) in [5, 5.41) is 9.42. The average Bonchev–Trinajstić information content (AvgIpc) is 3.21. The van der Waals surface area contributed by atoms with E-state index in [4.69, 9.17) is 4.74 Å². The molecule has 26 heavy (non-hydrogen) atoms. The van der Waals surface area contributed by atoms with Crippen molar-refractivity contribution in [3.05, 3.63) is 35.3 Å². The van der Waals surface area contributed by atoms with Gasteiger partial charge in [-0.3, -0.25) is 4.79 Å². The number of carbonyl (C=O) groups excluding carboxylic acids is 1. The van der Waals surface area contributed by atoms with Crippen LogP contribution in [0.4, 0.5) is 16.0 Å². The van der Waals surface area contributed by atoms with Crippen LogP contribution in [-0.2, 0) is 4.79 Å². The second-order valence-electron chi connectivity index (χ2n) is 5.20. The van der Waals surface area contributed by atoms with Gasteiger partial charge < -0.3 is 15.4 Å². The minimum atomic E-state index is -0.0443. The van der Waals surface area contributed by atoms with Gasteiger partial charge in [-0.05, 0) is 19.1 Å². The van der Waals surface area contributed by atoms with Crippen LogP contribution in [0.15, 0.2) is 29.6 Å². The number of hydrogen-bond donors (Lipinski definition) is 2. The lowest BCUT2D eigenvalue weighted by Gasteiger charge is -2.07. The first-order valence-electron chi connectivity index (χ1n) is 7.74. The largest absolute Gasteiger partial charge is 0.495 e. The van der Waals surface area contributed by atoms with Crippen molar-refractivity contribution in [2.75, 3.05) is 17.7 Å². The van der Waals surface area contributed by atoms with Gasteiger partial charge in [0.15, 0.2) is 10.3 Å². The molecule has 3 rings (SSSR count). The van der Waals surface area contributed by atoms with Gasteiger partial charge in [-0.15, -0.1) is 28.3 Å². The van der Waals surface area contributed by atoms with Crippen molar-refractivity contribution >= 4 is 61.5 Å². The molecule has 0 atom stereocenters. The Kier molecular flexibility index (Phi) is 7.13. The van der Waals surface area contributed by atoms with E-state index in [1.807, 2.05) is 43.5 Å². The normalized spacial score (nSPS) is 10.1. The summed E-state index contributed by atoms with van der Waals surface area (Å²) in [6.45, 7) is 3.73. The first kappa shape index (κ1) is 20.3. The van der Waals surface area contributed by atoms with Gasteiger partial charge in [0.25, 0.3) is 0 Å². The number of methoxy groups -OCH3 is 1. The number of carbonyl (C=O) groups is 1. The molecular formula is C17H19BrN4O2S2. The molecule has 1 aromatic carbocycles. The summed E-state index contributed by atoms with van der Waals surface area (Å²) in [6, 6.07) is 7.70. The second kappa shape index (κ2) is 9.11. The quantitative estimate of drug-likeness (QED) is 0.531. The highest BCUT2D eigenvalue weighted by Gasteiger charge is 2.15. The van der Waals surface area contributed by atoms with Crippen molar-refractivity contribution in [2.45, 2.75) is 20.3 Å². The smallest absolute Gasteiger partial charge is 0.225 e. The van der Waals surface area contributed by atoms with E-state index in [0.29, 0.717) is 11.6 Å². The summed E-state index contributed by atoms with van der Waals surface area (Å²) >= 11 is 2.94. The van der Waals surface area contributed by atoms with Crippen molar-refractivity contribution in [1.29, 1.82) is 0 Å². The van der Waals surface area contributed by atoms with Crippen LogP contribution in [-0.4, -0.2) is 23.0 Å². The van der Waals surface area contributed by atoms with Crippen LogP contribution < -0.4 is 15.4 Å². The standard InChI is InChI=1S/C17H18N4O2S2.BrH/c1-4-14(22)21-17-18-10(2)15(25-17)12-9-24-16(20-12)19-11-7-5-6-8-13(11)23-3;/h5-9H,4H2,1-3H3,(H,19,20)(H,18,21,22);1H. The molecule has 0 spiro atoms. The highest BCUT2D eigenvalue weighted by Crippen LogP contribution is 2.36. The zero-order chi connectivity index (χ0) is 17.8. The maximum atomic E-state index is 11.5. The van der Waals surface area contributed by atoms with E-state index < -0.39 is 0 Å². The number of nitrogens with zero attached hydrogens (tertiary/aromatic N) is 2. The van der Waals surface area contributed by atoms with E-state index in [1.54, 1.807) is 7.11 Å². The van der Waals surface area contributed by atoms with Gasteiger partial charge in [0, 0.05) is 11.8 Å². The number of para-hydroxylation sites is 2. The van der Waals surface area contributed by atoms with E-state index in [1.165, 1.54) is 22.7 Å². The van der Waals surface area contributed by atoms with E-state index in [2.05, 4.69) is 20.6 Å². The van der Waals surface area contributed by atoms with E-state index in [0.717, 1.165) is 32.8 Å². The summed E-state index contributed by atoms with van der Waals surface area (Å²) in [5.74, 6) is 0.717. The molecule has 0 aliphatic rings. The Bertz CT molecular complexity index is 895. The third-order valence-corrected chi connectivity index (χ3v) is 5.30. The van der Waals surface area contributed by atoms with Crippen LogP contribution in [0.3, 0.4) is 0 Å². The minimum absolute atomic E-state index is 0. The number of thiazole rings is 2. The molecule has 138 valence electrons. The number of nitrogens with one attached hydrogen (secondary N) is 2. The molecule has 0 aliphatic carbocycles. The molecule has 1 amide bonds. The third-order valence-electron chi connectivity index (χ3n) is 3.45. The van der Waals surface area contributed by atoms with Gasteiger partial charge in [0.1, 0.15) is 5.75 Å². The number of benzene rings is 1. The van der Waals surface area contributed by atoms with Gasteiger partial charge in [-0.25, -0.2) is 9.97 Å². The van der Waals surface area contributed by atoms with Crippen molar-refractivity contribution in [3.8, 4) is 16.3 Å². The number of ether oxygens (including phenoxy) is 1. The Morgan fingerprint density at radius 2 is 2.00 bits per heavy atom. The molecule has 6 nitrogen and oxygen atoms in total. The lowest BCUT2D eigenvalue weighted by molar-refractivity contribution is -0.115. The minimum Gasteiger partial charge on any atom is -0.495 e. The fraction of sp³-hybridized carbons (Fsp3) is 0.235. The highest BCUT2D eigenvalue weighted by atomic mass is 79.9. The van der Waals surface area contributed by atoms with Gasteiger partial charge >= 0.3 is 0 Å². The molecular weight excluding hydrogens is 436 g/mol. The Morgan fingerprint density at radius 3 is 2.73 bits per heavy atom. The first-order chi connectivity index (χ1) is 12.1. The molecule has 2 aromatic heterocycles. The molecule has 0 saturated carbocycles. The molecule has 2 heterocycles. The summed E-state index contributed by atoms with van der Waals surface area (Å²) in [5.41, 5.74) is 2.56. The number of halogens is 1. The monoisotopic (exact) mass is 454 g/mol. The average molecular weight is 455 g/mol. The SMILES string of the molecule is Br.CCC(=O)Nc1nc(C)c(-c2csc(Nc3ccccc3OC)n2)s1. The topological polar surface area (TPSA) is 76.1 Å². The molecule has 0 saturated heterocycles. The van der Waals surface area contributed by atoms with Crippen molar-refractivity contribution in [2.24, 2.45) is 0 Å². The van der Waals surface area contributed by atoms with Crippen LogP contribution in [0.2, 0.25) is 0 Å². The summed E-state index contributed by atoms with van der Waals surface area (Å²) in [4.78, 5) is 21.5. The summed E-state index contributed by atoms with van der Waals surface area (Å²) < 4.78 is 5.35. The summed E-state index contributed by atoms with van der Waals surface area (Å²) in [7, 11) is 1.64. The highest BCUT2D eigenvalue weighted by molar-refractivity contribution is 8.93. The molecule has 0 radical (unpaired) electrons. The molecule has 0 bridgehead atoms. The molecule has 0 unspecified atom stereocenters. The fourth-order valence-electron chi connectivity index (χ4n) is 2.19. The lowest BCUT2D eigenvalue weighted by atomic mass is 10.3. The van der Waals surface area contributed by atoms with E-state index in [9.17, 15) is 4.79 Å². The number of aryl methyl sites for hydroxylation is 1. The third kappa shape index (κ3) is 4.60. The molecule has 2 N–H and O–H groups in total. The Labute approximate surface area is 170 Å². The Hall–Kier alpha value is -1.97. The van der Waals surface area contributed by atoms with Gasteiger partial charge in [-0.2, -0.15) is 0 Å². The van der Waals surface area contributed by atoms with Crippen LogP contribution in [0.25, 0.3) is 10.6 Å². The number of aromatic nitrogens is 2. The lowest BCUT2D eigenvalue weighted by Crippen LogP contribution is -2.08. The maximum Gasteiger partial charge on any atom is 0.225 e. The van der Waals surface area contributed by atoms with Crippen LogP contribution >= 0.6 is 39.7 Å². The Morgan fingerprint density at radius 1 is 1.23 bits per heavy atom. The Balaban J connectivity index is 0.00000243. The van der Waals surface area contributed by atoms with Gasteiger partial charge in [0.2, 0.25) is 5.91 Å². The molecule has 9 heteroatoms.